The third kappa shape index (κ3) is 5.77. The van der Waals surface area contributed by atoms with Gasteiger partial charge >= 0.3 is 17.8 Å². The minimum Gasteiger partial charge on any atom is -0.457 e. The van der Waals surface area contributed by atoms with Crippen molar-refractivity contribution < 1.29 is 19.1 Å². The molecule has 0 radical (unpaired) electrons. The molecule has 0 saturated heterocycles. The minimum absolute atomic E-state index is 0.111. The smallest absolute Gasteiger partial charge is 0.340 e. The monoisotopic (exact) mass is 388 g/mol. The summed E-state index contributed by atoms with van der Waals surface area (Å²) in [5.74, 6) is -2.24. The molecule has 0 aliphatic carbocycles. The Balaban J connectivity index is 1.59. The zero-order chi connectivity index (χ0) is 20.5. The first-order valence-electron chi connectivity index (χ1n) is 9.06. The van der Waals surface area contributed by atoms with Crippen LogP contribution in [0.5, 0.6) is 0 Å². The summed E-state index contributed by atoms with van der Waals surface area (Å²) in [6.45, 7) is 0.341. The SMILES string of the molecule is O=C(NCc1ccccc1)C(=O)Nc1ccccc1C(=O)OCc1ccccc1. The molecule has 0 bridgehead atoms. The van der Waals surface area contributed by atoms with E-state index in [-0.39, 0.29) is 24.4 Å². The predicted molar refractivity (Wildman–Crippen MR) is 109 cm³/mol. The Morgan fingerprint density at radius 1 is 0.690 bits per heavy atom. The fraction of sp³-hybridized carbons (Fsp3) is 0.0870. The summed E-state index contributed by atoms with van der Waals surface area (Å²) < 4.78 is 5.31. The average molecular weight is 388 g/mol. The van der Waals surface area contributed by atoms with Gasteiger partial charge in [0, 0.05) is 6.54 Å². The van der Waals surface area contributed by atoms with Crippen LogP contribution in [-0.2, 0) is 27.5 Å². The lowest BCUT2D eigenvalue weighted by molar-refractivity contribution is -0.136. The summed E-state index contributed by atoms with van der Waals surface area (Å²) in [5, 5.41) is 5.02. The number of ether oxygens (including phenoxy) is 1. The third-order valence-corrected chi connectivity index (χ3v) is 4.11. The number of hydrogen-bond acceptors (Lipinski definition) is 4. The second-order valence-electron chi connectivity index (χ2n) is 6.23. The highest BCUT2D eigenvalue weighted by molar-refractivity contribution is 6.39. The van der Waals surface area contributed by atoms with Crippen molar-refractivity contribution in [3.05, 3.63) is 102 Å². The maximum absolute atomic E-state index is 12.4. The van der Waals surface area contributed by atoms with E-state index >= 15 is 0 Å². The highest BCUT2D eigenvalue weighted by atomic mass is 16.5. The highest BCUT2D eigenvalue weighted by Gasteiger charge is 2.18. The molecule has 0 heterocycles. The summed E-state index contributed by atoms with van der Waals surface area (Å²) in [5.41, 5.74) is 2.11. The molecule has 29 heavy (non-hydrogen) atoms. The van der Waals surface area contributed by atoms with Crippen LogP contribution in [0.1, 0.15) is 21.5 Å². The maximum Gasteiger partial charge on any atom is 0.340 e. The Bertz CT molecular complexity index is 988. The largest absolute Gasteiger partial charge is 0.457 e. The van der Waals surface area contributed by atoms with Gasteiger partial charge in [-0.25, -0.2) is 4.79 Å². The van der Waals surface area contributed by atoms with Crippen molar-refractivity contribution in [3.63, 3.8) is 0 Å². The highest BCUT2D eigenvalue weighted by Crippen LogP contribution is 2.17. The van der Waals surface area contributed by atoms with Crippen molar-refractivity contribution in [2.75, 3.05) is 5.32 Å². The molecule has 3 rings (SSSR count). The van der Waals surface area contributed by atoms with Gasteiger partial charge in [-0.1, -0.05) is 72.8 Å². The average Bonchev–Trinajstić information content (AvgIpc) is 2.77. The van der Waals surface area contributed by atoms with Gasteiger partial charge < -0.3 is 15.4 Å². The third-order valence-electron chi connectivity index (χ3n) is 4.11. The lowest BCUT2D eigenvalue weighted by Gasteiger charge is -2.11. The summed E-state index contributed by atoms with van der Waals surface area (Å²) in [4.78, 5) is 36.7. The van der Waals surface area contributed by atoms with E-state index in [4.69, 9.17) is 4.74 Å². The van der Waals surface area contributed by atoms with E-state index in [2.05, 4.69) is 10.6 Å². The van der Waals surface area contributed by atoms with Crippen LogP contribution in [0.25, 0.3) is 0 Å². The number of esters is 1. The van der Waals surface area contributed by atoms with Crippen molar-refractivity contribution in [2.45, 2.75) is 13.2 Å². The quantitative estimate of drug-likeness (QED) is 0.501. The standard InChI is InChI=1S/C23H20N2O4/c26-21(24-15-17-9-3-1-4-10-17)22(27)25-20-14-8-7-13-19(20)23(28)29-16-18-11-5-2-6-12-18/h1-14H,15-16H2,(H,24,26)(H,25,27). The normalized spacial score (nSPS) is 10.1. The van der Waals surface area contributed by atoms with Gasteiger partial charge in [0.15, 0.2) is 0 Å². The molecule has 0 aromatic heterocycles. The second kappa shape index (κ2) is 9.85. The molecule has 0 aliphatic heterocycles. The fourth-order valence-electron chi connectivity index (χ4n) is 2.61. The Labute approximate surface area is 168 Å². The zero-order valence-electron chi connectivity index (χ0n) is 15.6. The molecule has 3 aromatic rings. The molecule has 6 nitrogen and oxygen atoms in total. The van der Waals surface area contributed by atoms with E-state index in [9.17, 15) is 14.4 Å². The maximum atomic E-state index is 12.4. The van der Waals surface area contributed by atoms with Crippen molar-refractivity contribution in [3.8, 4) is 0 Å². The van der Waals surface area contributed by atoms with Crippen LogP contribution in [0.2, 0.25) is 0 Å². The van der Waals surface area contributed by atoms with Crippen molar-refractivity contribution >= 4 is 23.5 Å². The molecule has 0 unspecified atom stereocenters. The summed E-state index contributed by atoms with van der Waals surface area (Å²) in [7, 11) is 0. The molecule has 3 aromatic carbocycles. The molecular formula is C23H20N2O4. The molecule has 0 atom stereocenters. The van der Waals surface area contributed by atoms with Gasteiger partial charge in [0.25, 0.3) is 0 Å². The van der Waals surface area contributed by atoms with Crippen molar-refractivity contribution in [1.82, 2.24) is 5.32 Å². The minimum atomic E-state index is -0.857. The topological polar surface area (TPSA) is 84.5 Å². The van der Waals surface area contributed by atoms with Crippen LogP contribution in [0, 0.1) is 0 Å². The number of carbonyl (C=O) groups excluding carboxylic acids is 3. The van der Waals surface area contributed by atoms with Gasteiger partial charge in [-0.2, -0.15) is 0 Å². The van der Waals surface area contributed by atoms with E-state index in [1.54, 1.807) is 18.2 Å². The molecule has 0 aliphatic rings. The van der Waals surface area contributed by atoms with Crippen LogP contribution in [0.3, 0.4) is 0 Å². The van der Waals surface area contributed by atoms with E-state index < -0.39 is 17.8 Å². The van der Waals surface area contributed by atoms with Crippen LogP contribution < -0.4 is 10.6 Å². The number of amides is 2. The van der Waals surface area contributed by atoms with Gasteiger partial charge in [-0.05, 0) is 23.3 Å². The Morgan fingerprint density at radius 2 is 1.28 bits per heavy atom. The summed E-state index contributed by atoms with van der Waals surface area (Å²) >= 11 is 0. The van der Waals surface area contributed by atoms with Crippen molar-refractivity contribution in [1.29, 1.82) is 0 Å². The number of hydrogen-bond donors (Lipinski definition) is 2. The van der Waals surface area contributed by atoms with Gasteiger partial charge in [-0.3, -0.25) is 9.59 Å². The molecule has 2 N–H and O–H groups in total. The lowest BCUT2D eigenvalue weighted by atomic mass is 10.1. The van der Waals surface area contributed by atoms with E-state index in [1.807, 2.05) is 60.7 Å². The first-order valence-corrected chi connectivity index (χ1v) is 9.06. The van der Waals surface area contributed by atoms with Gasteiger partial charge in [0.2, 0.25) is 0 Å². The number of nitrogens with one attached hydrogen (secondary N) is 2. The lowest BCUT2D eigenvalue weighted by Crippen LogP contribution is -2.35. The molecule has 0 spiro atoms. The molecule has 2 amide bonds. The molecule has 6 heteroatoms. The van der Waals surface area contributed by atoms with E-state index in [0.29, 0.717) is 0 Å². The predicted octanol–water partition coefficient (Wildman–Crippen LogP) is 3.30. The fourth-order valence-corrected chi connectivity index (χ4v) is 2.61. The number of benzene rings is 3. The van der Waals surface area contributed by atoms with E-state index in [1.165, 1.54) is 6.07 Å². The van der Waals surface area contributed by atoms with Gasteiger partial charge in [0.1, 0.15) is 6.61 Å². The van der Waals surface area contributed by atoms with Crippen molar-refractivity contribution in [2.24, 2.45) is 0 Å². The number of anilines is 1. The van der Waals surface area contributed by atoms with Crippen LogP contribution in [0.15, 0.2) is 84.9 Å². The number of para-hydroxylation sites is 1. The first-order chi connectivity index (χ1) is 14.1. The summed E-state index contributed by atoms with van der Waals surface area (Å²) in [6.07, 6.45) is 0. The summed E-state index contributed by atoms with van der Waals surface area (Å²) in [6, 6.07) is 24.9. The van der Waals surface area contributed by atoms with Crippen LogP contribution in [0.4, 0.5) is 5.69 Å². The zero-order valence-corrected chi connectivity index (χ0v) is 15.6. The first kappa shape index (κ1) is 19.8. The van der Waals surface area contributed by atoms with Gasteiger partial charge in [0.05, 0.1) is 11.3 Å². The Kier molecular flexibility index (Phi) is 6.73. The van der Waals surface area contributed by atoms with Crippen LogP contribution >= 0.6 is 0 Å². The molecule has 146 valence electrons. The Morgan fingerprint density at radius 3 is 1.97 bits per heavy atom. The van der Waals surface area contributed by atoms with Crippen LogP contribution in [-0.4, -0.2) is 17.8 Å². The Hall–Kier alpha value is -3.93. The molecular weight excluding hydrogens is 368 g/mol. The second-order valence-corrected chi connectivity index (χ2v) is 6.23. The van der Waals surface area contributed by atoms with Gasteiger partial charge in [-0.15, -0.1) is 0 Å². The number of carbonyl (C=O) groups is 3. The van der Waals surface area contributed by atoms with E-state index in [0.717, 1.165) is 11.1 Å². The molecule has 0 fully saturated rings. The number of rotatable bonds is 6. The molecule has 0 saturated carbocycles.